The molecule has 1 aliphatic rings. The first-order chi connectivity index (χ1) is 22.8. The Hall–Kier alpha value is -4.08. The Bertz CT molecular complexity index is 1790. The first-order valence-corrected chi connectivity index (χ1v) is 18.0. The fourth-order valence-corrected chi connectivity index (χ4v) is 7.79. The SMILES string of the molecule is COc1cc([C@@H](O)[C@@H](CC2Cc3ccccc3C2)Cn2ccc(CCC(=O)NS(=O)(=O)c3ccc(C(C)(C)C)cc3)c2)cc(OC)c1C. The second kappa shape index (κ2) is 14.6. The number of aromatic nitrogens is 1. The number of amides is 1. The van der Waals surface area contributed by atoms with Gasteiger partial charge in [0.2, 0.25) is 5.91 Å². The summed E-state index contributed by atoms with van der Waals surface area (Å²) in [6.07, 6.45) is 6.36. The van der Waals surface area contributed by atoms with Crippen LogP contribution in [0.1, 0.15) is 73.1 Å². The number of nitrogens with one attached hydrogen (secondary N) is 1. The van der Waals surface area contributed by atoms with Gasteiger partial charge in [-0.1, -0.05) is 57.2 Å². The molecule has 2 atom stereocenters. The van der Waals surface area contributed by atoms with Gasteiger partial charge in [0, 0.05) is 36.8 Å². The predicted octanol–water partition coefficient (Wildman–Crippen LogP) is 6.70. The highest BCUT2D eigenvalue weighted by atomic mass is 32.2. The molecular formula is C39H48N2O6S. The number of carbonyl (C=O) groups is 1. The maximum Gasteiger partial charge on any atom is 0.264 e. The van der Waals surface area contributed by atoms with Gasteiger partial charge in [-0.2, -0.15) is 0 Å². The molecule has 9 heteroatoms. The van der Waals surface area contributed by atoms with E-state index in [1.807, 2.05) is 37.5 Å². The average Bonchev–Trinajstić information content (AvgIpc) is 3.69. The van der Waals surface area contributed by atoms with Gasteiger partial charge in [0.15, 0.2) is 0 Å². The van der Waals surface area contributed by atoms with E-state index >= 15 is 0 Å². The van der Waals surface area contributed by atoms with Crippen LogP contribution < -0.4 is 14.2 Å². The molecule has 0 spiro atoms. The van der Waals surface area contributed by atoms with Crippen molar-refractivity contribution >= 4 is 15.9 Å². The quantitative estimate of drug-likeness (QED) is 0.164. The lowest BCUT2D eigenvalue weighted by molar-refractivity contribution is -0.119. The summed E-state index contributed by atoms with van der Waals surface area (Å²) in [4.78, 5) is 12.8. The summed E-state index contributed by atoms with van der Waals surface area (Å²) in [6.45, 7) is 8.67. The lowest BCUT2D eigenvalue weighted by Crippen LogP contribution is -2.30. The smallest absolute Gasteiger partial charge is 0.264 e. The number of aryl methyl sites for hydroxylation is 1. The molecular weight excluding hydrogens is 625 g/mol. The zero-order valence-electron chi connectivity index (χ0n) is 28.8. The van der Waals surface area contributed by atoms with E-state index < -0.39 is 22.0 Å². The minimum Gasteiger partial charge on any atom is -0.496 e. The summed E-state index contributed by atoms with van der Waals surface area (Å²) in [5.41, 5.74) is 6.19. The zero-order chi connectivity index (χ0) is 34.6. The molecule has 2 N–H and O–H groups in total. The summed E-state index contributed by atoms with van der Waals surface area (Å²) in [7, 11) is -0.732. The van der Waals surface area contributed by atoms with Crippen molar-refractivity contribution in [3.8, 4) is 11.5 Å². The number of hydrogen-bond acceptors (Lipinski definition) is 6. The van der Waals surface area contributed by atoms with Crippen LogP contribution in [0.5, 0.6) is 11.5 Å². The van der Waals surface area contributed by atoms with Crippen molar-refractivity contribution < 1.29 is 27.8 Å². The van der Waals surface area contributed by atoms with Crippen molar-refractivity contribution in [1.82, 2.24) is 9.29 Å². The van der Waals surface area contributed by atoms with E-state index in [4.69, 9.17) is 9.47 Å². The van der Waals surface area contributed by atoms with E-state index in [0.717, 1.165) is 41.5 Å². The fourth-order valence-electron chi connectivity index (χ4n) is 6.77. The van der Waals surface area contributed by atoms with Crippen LogP contribution in [0.4, 0.5) is 0 Å². The van der Waals surface area contributed by atoms with Crippen molar-refractivity contribution in [2.75, 3.05) is 14.2 Å². The third-order valence-corrected chi connectivity index (χ3v) is 10.9. The van der Waals surface area contributed by atoms with Crippen LogP contribution in [0, 0.1) is 18.8 Å². The van der Waals surface area contributed by atoms with Gasteiger partial charge < -0.3 is 19.1 Å². The Morgan fingerprint density at radius 1 is 0.979 bits per heavy atom. The minimum atomic E-state index is -3.97. The van der Waals surface area contributed by atoms with Gasteiger partial charge in [0.05, 0.1) is 25.2 Å². The lowest BCUT2D eigenvalue weighted by atomic mass is 9.85. The van der Waals surface area contributed by atoms with Crippen LogP contribution in [0.3, 0.4) is 0 Å². The number of rotatable bonds is 13. The molecule has 0 aliphatic heterocycles. The van der Waals surface area contributed by atoms with Gasteiger partial charge in [-0.05, 0) is 102 Å². The van der Waals surface area contributed by atoms with Crippen LogP contribution in [0.25, 0.3) is 0 Å². The summed E-state index contributed by atoms with van der Waals surface area (Å²) in [5.74, 6) is 1.07. The first-order valence-electron chi connectivity index (χ1n) is 16.6. The van der Waals surface area contributed by atoms with Crippen molar-refractivity contribution in [3.63, 3.8) is 0 Å². The minimum absolute atomic E-state index is 0.0264. The van der Waals surface area contributed by atoms with Crippen LogP contribution in [0.15, 0.2) is 84.0 Å². The van der Waals surface area contributed by atoms with Crippen molar-refractivity contribution in [1.29, 1.82) is 0 Å². The Kier molecular flexibility index (Phi) is 10.7. The number of benzene rings is 3. The lowest BCUT2D eigenvalue weighted by Gasteiger charge is -2.27. The van der Waals surface area contributed by atoms with E-state index in [1.165, 1.54) is 23.3 Å². The Labute approximate surface area is 285 Å². The van der Waals surface area contributed by atoms with Crippen molar-refractivity contribution in [3.05, 3.63) is 113 Å². The van der Waals surface area contributed by atoms with E-state index in [0.29, 0.717) is 30.4 Å². The van der Waals surface area contributed by atoms with Gasteiger partial charge in [0.1, 0.15) is 11.5 Å². The molecule has 1 heterocycles. The second-order valence-electron chi connectivity index (χ2n) is 14.1. The number of carbonyl (C=O) groups excluding carboxylic acids is 1. The second-order valence-corrected chi connectivity index (χ2v) is 15.7. The third kappa shape index (κ3) is 8.31. The van der Waals surface area contributed by atoms with Gasteiger partial charge in [-0.25, -0.2) is 13.1 Å². The molecule has 0 fully saturated rings. The monoisotopic (exact) mass is 672 g/mol. The molecule has 0 radical (unpaired) electrons. The number of aliphatic hydroxyl groups excluding tert-OH is 1. The van der Waals surface area contributed by atoms with Gasteiger partial charge in [-0.3, -0.25) is 4.79 Å². The Balaban J connectivity index is 1.26. The molecule has 5 rings (SSSR count). The zero-order valence-corrected chi connectivity index (χ0v) is 29.6. The number of methoxy groups -OCH3 is 2. The number of aliphatic hydroxyl groups is 1. The van der Waals surface area contributed by atoms with Crippen molar-refractivity contribution in [2.24, 2.45) is 11.8 Å². The number of hydrogen-bond donors (Lipinski definition) is 2. The van der Waals surface area contributed by atoms with Crippen molar-refractivity contribution in [2.45, 2.75) is 82.8 Å². The molecule has 8 nitrogen and oxygen atoms in total. The predicted molar refractivity (Wildman–Crippen MR) is 188 cm³/mol. The number of sulfonamides is 1. The highest BCUT2D eigenvalue weighted by Gasteiger charge is 2.30. The number of ether oxygens (including phenoxy) is 2. The first kappa shape index (κ1) is 35.2. The molecule has 4 aromatic rings. The highest BCUT2D eigenvalue weighted by Crippen LogP contribution is 2.39. The van der Waals surface area contributed by atoms with E-state index in [9.17, 15) is 18.3 Å². The fraction of sp³-hybridized carbons (Fsp3) is 0.410. The molecule has 1 aromatic heterocycles. The van der Waals surface area contributed by atoms with E-state index in [-0.39, 0.29) is 22.6 Å². The Morgan fingerprint density at radius 3 is 2.15 bits per heavy atom. The summed E-state index contributed by atoms with van der Waals surface area (Å²) < 4.78 is 41.2. The summed E-state index contributed by atoms with van der Waals surface area (Å²) in [5, 5.41) is 11.9. The maximum atomic E-state index is 12.9. The molecule has 0 saturated heterocycles. The van der Waals surface area contributed by atoms with Crippen LogP contribution in [-0.2, 0) is 46.0 Å². The molecule has 0 saturated carbocycles. The van der Waals surface area contributed by atoms with Crippen LogP contribution >= 0.6 is 0 Å². The molecule has 1 amide bonds. The largest absolute Gasteiger partial charge is 0.496 e. The van der Waals surface area contributed by atoms with Gasteiger partial charge in [-0.15, -0.1) is 0 Å². The molecule has 1 aliphatic carbocycles. The topological polar surface area (TPSA) is 107 Å². The summed E-state index contributed by atoms with van der Waals surface area (Å²) >= 11 is 0. The molecule has 48 heavy (non-hydrogen) atoms. The molecule has 0 bridgehead atoms. The third-order valence-electron chi connectivity index (χ3n) is 9.51. The molecule has 256 valence electrons. The molecule has 0 unspecified atom stereocenters. The van der Waals surface area contributed by atoms with E-state index in [2.05, 4.69) is 54.3 Å². The van der Waals surface area contributed by atoms with Gasteiger partial charge in [0.25, 0.3) is 10.0 Å². The average molecular weight is 673 g/mol. The van der Waals surface area contributed by atoms with Crippen LogP contribution in [-0.4, -0.2) is 38.2 Å². The van der Waals surface area contributed by atoms with Crippen LogP contribution in [0.2, 0.25) is 0 Å². The maximum absolute atomic E-state index is 12.9. The van der Waals surface area contributed by atoms with E-state index in [1.54, 1.807) is 26.4 Å². The standard InChI is InChI=1S/C39H48N2O6S/c1-26-35(46-5)22-31(23-36(26)47-6)38(43)32(21-28-19-29-9-7-8-10-30(29)20-28)25-41-18-17-27(24-41)11-16-37(42)40-48(44,45)34-14-12-33(13-15-34)39(2,3)4/h7-10,12-15,17-18,22-24,28,32,38,43H,11,16,19-21,25H2,1-6H3,(H,40,42)/t32-,38+/m0/s1. The normalized spacial score (nSPS) is 14.7. The van der Waals surface area contributed by atoms with Gasteiger partial charge >= 0.3 is 0 Å². The Morgan fingerprint density at radius 2 is 1.58 bits per heavy atom. The number of nitrogens with zero attached hydrogens (tertiary/aromatic N) is 1. The molecule has 3 aromatic carbocycles. The summed E-state index contributed by atoms with van der Waals surface area (Å²) in [6, 6.07) is 20.9. The number of fused-ring (bicyclic) bond motifs is 1. The highest BCUT2D eigenvalue weighted by molar-refractivity contribution is 7.90.